The largest absolute Gasteiger partial charge is 0.497 e. The van der Waals surface area contributed by atoms with E-state index in [4.69, 9.17) is 4.74 Å². The Bertz CT molecular complexity index is 718. The molecule has 0 N–H and O–H groups in total. The first-order valence-corrected chi connectivity index (χ1v) is 8.84. The molecule has 4 rings (SSSR count). The summed E-state index contributed by atoms with van der Waals surface area (Å²) in [6, 6.07) is 6.93. The minimum Gasteiger partial charge on any atom is -0.497 e. The van der Waals surface area contributed by atoms with Gasteiger partial charge in [-0.15, -0.1) is 0 Å². The van der Waals surface area contributed by atoms with Crippen molar-refractivity contribution in [3.05, 3.63) is 29.8 Å². The molecule has 7 heteroatoms. The van der Waals surface area contributed by atoms with Gasteiger partial charge in [-0.05, 0) is 31.0 Å². The molecular weight excluding hydrogens is 334 g/mol. The van der Waals surface area contributed by atoms with Crippen LogP contribution in [0.25, 0.3) is 0 Å². The van der Waals surface area contributed by atoms with Crippen molar-refractivity contribution in [3.8, 4) is 5.75 Å². The average molecular weight is 359 g/mol. The molecule has 0 aromatic heterocycles. The monoisotopic (exact) mass is 359 g/mol. The molecule has 1 aromatic rings. The number of ether oxygens (including phenoxy) is 1. The van der Waals surface area contributed by atoms with Crippen LogP contribution < -0.4 is 4.74 Å². The Hall–Kier alpha value is -2.57. The SMILES string of the molecule is COc1cccc(C(=O)N2C[C@@H]3CC[C@H](C2)N(CC(=O)N(C)C)C3=O)c1. The van der Waals surface area contributed by atoms with E-state index in [1.54, 1.807) is 55.3 Å². The molecule has 2 bridgehead atoms. The molecule has 2 atom stereocenters. The van der Waals surface area contributed by atoms with Crippen LogP contribution in [0.2, 0.25) is 0 Å². The van der Waals surface area contributed by atoms with Gasteiger partial charge in [0.2, 0.25) is 11.8 Å². The number of hydrogen-bond donors (Lipinski definition) is 0. The summed E-state index contributed by atoms with van der Waals surface area (Å²) in [6.07, 6.45) is 1.58. The molecule has 3 saturated heterocycles. The molecule has 3 aliphatic heterocycles. The summed E-state index contributed by atoms with van der Waals surface area (Å²) in [5.74, 6) is 0.171. The van der Waals surface area contributed by atoms with E-state index < -0.39 is 0 Å². The highest BCUT2D eigenvalue weighted by molar-refractivity contribution is 5.95. The number of piperidine rings is 1. The van der Waals surface area contributed by atoms with Crippen molar-refractivity contribution in [2.75, 3.05) is 40.8 Å². The molecule has 0 saturated carbocycles. The first-order chi connectivity index (χ1) is 12.4. The van der Waals surface area contributed by atoms with E-state index in [0.29, 0.717) is 24.4 Å². The molecule has 7 nitrogen and oxygen atoms in total. The van der Waals surface area contributed by atoms with Gasteiger partial charge in [-0.25, -0.2) is 0 Å². The molecule has 1 aromatic carbocycles. The Morgan fingerprint density at radius 2 is 2.00 bits per heavy atom. The van der Waals surface area contributed by atoms with Crippen LogP contribution in [-0.2, 0) is 9.59 Å². The van der Waals surface area contributed by atoms with Gasteiger partial charge >= 0.3 is 0 Å². The van der Waals surface area contributed by atoms with Gasteiger partial charge in [-0.2, -0.15) is 0 Å². The average Bonchev–Trinajstić information content (AvgIpc) is 2.93. The third-order valence-electron chi connectivity index (χ3n) is 5.20. The zero-order chi connectivity index (χ0) is 18.8. The fraction of sp³-hybridized carbons (Fsp3) is 0.526. The van der Waals surface area contributed by atoms with Crippen molar-refractivity contribution < 1.29 is 19.1 Å². The van der Waals surface area contributed by atoms with E-state index in [2.05, 4.69) is 0 Å². The lowest BCUT2D eigenvalue weighted by Crippen LogP contribution is -2.51. The summed E-state index contributed by atoms with van der Waals surface area (Å²) >= 11 is 0. The minimum atomic E-state index is -0.238. The molecule has 3 amide bonds. The molecular formula is C19H25N3O4. The van der Waals surface area contributed by atoms with Crippen molar-refractivity contribution in [3.63, 3.8) is 0 Å². The molecule has 0 aliphatic carbocycles. The van der Waals surface area contributed by atoms with Gasteiger partial charge in [0.15, 0.2) is 0 Å². The number of carbonyl (C=O) groups excluding carboxylic acids is 3. The van der Waals surface area contributed by atoms with Crippen LogP contribution in [0.3, 0.4) is 0 Å². The maximum Gasteiger partial charge on any atom is 0.254 e. The van der Waals surface area contributed by atoms with Gasteiger partial charge in [0.05, 0.1) is 13.0 Å². The Labute approximate surface area is 153 Å². The van der Waals surface area contributed by atoms with Crippen LogP contribution in [0.1, 0.15) is 23.2 Å². The van der Waals surface area contributed by atoms with Gasteiger partial charge in [0, 0.05) is 38.8 Å². The second-order valence-corrected chi connectivity index (χ2v) is 7.12. The fourth-order valence-electron chi connectivity index (χ4n) is 3.64. The van der Waals surface area contributed by atoms with Gasteiger partial charge in [0.25, 0.3) is 5.91 Å². The van der Waals surface area contributed by atoms with E-state index in [1.165, 1.54) is 4.90 Å². The van der Waals surface area contributed by atoms with E-state index in [-0.39, 0.29) is 36.2 Å². The summed E-state index contributed by atoms with van der Waals surface area (Å²) in [6.45, 7) is 0.936. The Morgan fingerprint density at radius 3 is 2.69 bits per heavy atom. The van der Waals surface area contributed by atoms with Gasteiger partial charge in [-0.3, -0.25) is 14.4 Å². The summed E-state index contributed by atoms with van der Waals surface area (Å²) in [7, 11) is 4.93. The lowest BCUT2D eigenvalue weighted by molar-refractivity contribution is -0.145. The van der Waals surface area contributed by atoms with Crippen molar-refractivity contribution in [1.29, 1.82) is 0 Å². The standard InChI is InChI=1S/C19H25N3O4/c1-20(2)17(23)12-22-15-8-7-14(19(22)25)10-21(11-15)18(24)13-5-4-6-16(9-13)26-3/h4-6,9,14-15H,7-8,10-12H2,1-3H3/t14-,15+/m0/s1. The van der Waals surface area contributed by atoms with Crippen LogP contribution in [0.5, 0.6) is 5.75 Å². The highest BCUT2D eigenvalue weighted by Crippen LogP contribution is 2.30. The summed E-state index contributed by atoms with van der Waals surface area (Å²) in [4.78, 5) is 42.7. The molecule has 3 fully saturated rings. The summed E-state index contributed by atoms with van der Waals surface area (Å²) in [5, 5.41) is 0. The van der Waals surface area contributed by atoms with E-state index in [0.717, 1.165) is 12.8 Å². The third-order valence-corrected chi connectivity index (χ3v) is 5.20. The van der Waals surface area contributed by atoms with Gasteiger partial charge in [-0.1, -0.05) is 6.07 Å². The van der Waals surface area contributed by atoms with Crippen LogP contribution >= 0.6 is 0 Å². The number of amides is 3. The van der Waals surface area contributed by atoms with E-state index in [9.17, 15) is 14.4 Å². The van der Waals surface area contributed by atoms with Crippen LogP contribution in [-0.4, -0.2) is 79.3 Å². The quantitative estimate of drug-likeness (QED) is 0.799. The molecule has 3 aliphatic rings. The Kier molecular flexibility index (Phi) is 5.15. The van der Waals surface area contributed by atoms with E-state index in [1.807, 2.05) is 0 Å². The Morgan fingerprint density at radius 1 is 1.23 bits per heavy atom. The lowest BCUT2D eigenvalue weighted by Gasteiger charge is -2.35. The zero-order valence-electron chi connectivity index (χ0n) is 15.5. The number of nitrogens with zero attached hydrogens (tertiary/aromatic N) is 3. The smallest absolute Gasteiger partial charge is 0.254 e. The maximum atomic E-state index is 12.9. The Balaban J connectivity index is 1.79. The number of carbonyl (C=O) groups is 3. The normalized spacial score (nSPS) is 22.2. The first kappa shape index (κ1) is 18.2. The minimum absolute atomic E-state index is 0.0163. The van der Waals surface area contributed by atoms with Crippen molar-refractivity contribution in [2.45, 2.75) is 18.9 Å². The van der Waals surface area contributed by atoms with Crippen molar-refractivity contribution >= 4 is 17.7 Å². The number of hydrogen-bond acceptors (Lipinski definition) is 4. The number of rotatable bonds is 4. The van der Waals surface area contributed by atoms with Crippen LogP contribution in [0, 0.1) is 5.92 Å². The fourth-order valence-corrected chi connectivity index (χ4v) is 3.64. The number of likely N-dealkylation sites (N-methyl/N-ethyl adjacent to an activating group) is 1. The van der Waals surface area contributed by atoms with Gasteiger partial charge in [0.1, 0.15) is 12.3 Å². The molecule has 0 radical (unpaired) electrons. The number of benzene rings is 1. The van der Waals surface area contributed by atoms with E-state index >= 15 is 0 Å². The summed E-state index contributed by atoms with van der Waals surface area (Å²) in [5.41, 5.74) is 0.550. The molecule has 26 heavy (non-hydrogen) atoms. The number of methoxy groups -OCH3 is 1. The van der Waals surface area contributed by atoms with Crippen LogP contribution in [0.15, 0.2) is 24.3 Å². The third kappa shape index (κ3) is 3.52. The number of fused-ring (bicyclic) bond motifs is 4. The lowest BCUT2D eigenvalue weighted by atomic mass is 9.94. The highest BCUT2D eigenvalue weighted by Gasteiger charge is 2.42. The second kappa shape index (κ2) is 7.35. The molecule has 140 valence electrons. The van der Waals surface area contributed by atoms with Crippen LogP contribution in [0.4, 0.5) is 0 Å². The molecule has 0 unspecified atom stereocenters. The summed E-state index contributed by atoms with van der Waals surface area (Å²) < 4.78 is 5.20. The second-order valence-electron chi connectivity index (χ2n) is 7.12. The van der Waals surface area contributed by atoms with Gasteiger partial charge < -0.3 is 19.4 Å². The molecule has 3 heterocycles. The zero-order valence-corrected chi connectivity index (χ0v) is 15.5. The van der Waals surface area contributed by atoms with Crippen molar-refractivity contribution in [1.82, 2.24) is 14.7 Å². The first-order valence-electron chi connectivity index (χ1n) is 8.84. The molecule has 0 spiro atoms. The maximum absolute atomic E-state index is 12.9. The predicted octanol–water partition coefficient (Wildman–Crippen LogP) is 0.846. The highest BCUT2D eigenvalue weighted by atomic mass is 16.5. The van der Waals surface area contributed by atoms with Crippen molar-refractivity contribution in [2.24, 2.45) is 5.92 Å². The predicted molar refractivity (Wildman–Crippen MR) is 95.8 cm³/mol. The topological polar surface area (TPSA) is 70.2 Å².